The molecule has 1 amide bonds. The zero-order valence-corrected chi connectivity index (χ0v) is 12.7. The molecule has 2 heterocycles. The third kappa shape index (κ3) is 3.11. The Kier molecular flexibility index (Phi) is 4.27. The van der Waals surface area contributed by atoms with Crippen LogP contribution in [0.25, 0.3) is 0 Å². The van der Waals surface area contributed by atoms with Crippen LogP contribution in [-0.4, -0.2) is 46.6 Å². The van der Waals surface area contributed by atoms with Gasteiger partial charge in [0, 0.05) is 32.6 Å². The van der Waals surface area contributed by atoms with Crippen molar-refractivity contribution in [1.82, 2.24) is 9.80 Å². The second kappa shape index (κ2) is 6.16. The first-order valence-corrected chi connectivity index (χ1v) is 7.90. The molecule has 4 heteroatoms. The molecule has 1 saturated heterocycles. The number of benzene rings is 1. The van der Waals surface area contributed by atoms with Gasteiger partial charge in [0.1, 0.15) is 0 Å². The highest BCUT2D eigenvalue weighted by atomic mass is 16.3. The number of β-amino-alcohol motifs (C(OH)–C–C–N with tert-alkyl or cyclic N) is 1. The topological polar surface area (TPSA) is 43.8 Å². The SMILES string of the molecule is CC(=O)N1CC[C@H](N2CCC[C@H](O)C2)c2ccccc2C1. The second-order valence-corrected chi connectivity index (χ2v) is 6.23. The first-order chi connectivity index (χ1) is 10.1. The molecule has 21 heavy (non-hydrogen) atoms. The summed E-state index contributed by atoms with van der Waals surface area (Å²) in [5, 5.41) is 9.96. The Balaban J connectivity index is 1.89. The highest BCUT2D eigenvalue weighted by Crippen LogP contribution is 2.33. The van der Waals surface area contributed by atoms with Crippen LogP contribution in [0, 0.1) is 0 Å². The molecule has 2 aliphatic heterocycles. The van der Waals surface area contributed by atoms with E-state index < -0.39 is 0 Å². The van der Waals surface area contributed by atoms with Crippen molar-refractivity contribution >= 4 is 5.91 Å². The van der Waals surface area contributed by atoms with Crippen LogP contribution in [0.4, 0.5) is 0 Å². The summed E-state index contributed by atoms with van der Waals surface area (Å²) in [7, 11) is 0. The number of piperidine rings is 1. The smallest absolute Gasteiger partial charge is 0.219 e. The molecule has 4 nitrogen and oxygen atoms in total. The summed E-state index contributed by atoms with van der Waals surface area (Å²) in [6.07, 6.45) is 2.70. The lowest BCUT2D eigenvalue weighted by Gasteiger charge is -2.37. The molecule has 0 radical (unpaired) electrons. The normalized spacial score (nSPS) is 27.0. The Morgan fingerprint density at radius 3 is 2.81 bits per heavy atom. The van der Waals surface area contributed by atoms with Crippen molar-refractivity contribution in [1.29, 1.82) is 0 Å². The molecule has 0 unspecified atom stereocenters. The van der Waals surface area contributed by atoms with Crippen molar-refractivity contribution in [3.8, 4) is 0 Å². The lowest BCUT2D eigenvalue weighted by molar-refractivity contribution is -0.129. The predicted octanol–water partition coefficient (Wildman–Crippen LogP) is 1.94. The minimum atomic E-state index is -0.210. The predicted molar refractivity (Wildman–Crippen MR) is 81.7 cm³/mol. The summed E-state index contributed by atoms with van der Waals surface area (Å²) in [5.74, 6) is 0.143. The number of fused-ring (bicyclic) bond motifs is 1. The van der Waals surface area contributed by atoms with Crippen molar-refractivity contribution in [3.05, 3.63) is 35.4 Å². The van der Waals surface area contributed by atoms with Crippen LogP contribution in [-0.2, 0) is 11.3 Å². The Morgan fingerprint density at radius 2 is 2.05 bits per heavy atom. The minimum Gasteiger partial charge on any atom is -0.392 e. The van der Waals surface area contributed by atoms with Crippen molar-refractivity contribution in [3.63, 3.8) is 0 Å². The van der Waals surface area contributed by atoms with Gasteiger partial charge in [0.2, 0.25) is 5.91 Å². The van der Waals surface area contributed by atoms with Crippen LogP contribution in [0.2, 0.25) is 0 Å². The monoisotopic (exact) mass is 288 g/mol. The quantitative estimate of drug-likeness (QED) is 0.859. The van der Waals surface area contributed by atoms with Gasteiger partial charge in [0.25, 0.3) is 0 Å². The van der Waals surface area contributed by atoms with E-state index in [-0.39, 0.29) is 12.0 Å². The van der Waals surface area contributed by atoms with Gasteiger partial charge >= 0.3 is 0 Å². The number of carbonyl (C=O) groups is 1. The third-order valence-electron chi connectivity index (χ3n) is 4.76. The molecule has 0 aromatic heterocycles. The third-order valence-corrected chi connectivity index (χ3v) is 4.76. The number of nitrogens with zero attached hydrogens (tertiary/aromatic N) is 2. The van der Waals surface area contributed by atoms with E-state index in [1.807, 2.05) is 11.0 Å². The number of aliphatic hydroxyl groups excluding tert-OH is 1. The lowest BCUT2D eigenvalue weighted by Crippen LogP contribution is -2.41. The molecule has 0 spiro atoms. The molecule has 0 saturated carbocycles. The van der Waals surface area contributed by atoms with E-state index in [2.05, 4.69) is 23.1 Å². The van der Waals surface area contributed by atoms with Crippen LogP contribution < -0.4 is 0 Å². The summed E-state index contributed by atoms with van der Waals surface area (Å²) in [6, 6.07) is 8.76. The van der Waals surface area contributed by atoms with Gasteiger partial charge in [-0.05, 0) is 36.9 Å². The van der Waals surface area contributed by atoms with E-state index >= 15 is 0 Å². The maximum atomic E-state index is 11.8. The van der Waals surface area contributed by atoms with E-state index in [1.165, 1.54) is 11.1 Å². The molecule has 1 fully saturated rings. The molecular formula is C17H24N2O2. The van der Waals surface area contributed by atoms with Crippen molar-refractivity contribution < 1.29 is 9.90 Å². The fraction of sp³-hybridized carbons (Fsp3) is 0.588. The van der Waals surface area contributed by atoms with Crippen molar-refractivity contribution in [2.75, 3.05) is 19.6 Å². The summed E-state index contributed by atoms with van der Waals surface area (Å²) < 4.78 is 0. The highest BCUT2D eigenvalue weighted by Gasteiger charge is 2.30. The molecule has 3 rings (SSSR count). The van der Waals surface area contributed by atoms with Gasteiger partial charge in [-0.3, -0.25) is 9.69 Å². The number of rotatable bonds is 1. The summed E-state index contributed by atoms with van der Waals surface area (Å²) >= 11 is 0. The van der Waals surface area contributed by atoms with Crippen LogP contribution >= 0.6 is 0 Å². The number of likely N-dealkylation sites (tertiary alicyclic amines) is 1. The average molecular weight is 288 g/mol. The number of aliphatic hydroxyl groups is 1. The molecule has 1 aromatic rings. The second-order valence-electron chi connectivity index (χ2n) is 6.23. The van der Waals surface area contributed by atoms with E-state index in [9.17, 15) is 9.90 Å². The largest absolute Gasteiger partial charge is 0.392 e. The highest BCUT2D eigenvalue weighted by molar-refractivity contribution is 5.73. The molecule has 0 bridgehead atoms. The van der Waals surface area contributed by atoms with E-state index in [0.29, 0.717) is 12.6 Å². The Morgan fingerprint density at radius 1 is 1.24 bits per heavy atom. The van der Waals surface area contributed by atoms with Gasteiger partial charge in [0.05, 0.1) is 6.10 Å². The van der Waals surface area contributed by atoms with E-state index in [1.54, 1.807) is 6.92 Å². The maximum absolute atomic E-state index is 11.8. The number of amides is 1. The average Bonchev–Trinajstić information content (AvgIpc) is 2.67. The van der Waals surface area contributed by atoms with Crippen LogP contribution in [0.5, 0.6) is 0 Å². The first-order valence-electron chi connectivity index (χ1n) is 7.90. The van der Waals surface area contributed by atoms with Gasteiger partial charge in [-0.2, -0.15) is 0 Å². The summed E-state index contributed by atoms with van der Waals surface area (Å²) in [4.78, 5) is 16.1. The molecule has 1 N–H and O–H groups in total. The Bertz CT molecular complexity index is 517. The summed E-state index contributed by atoms with van der Waals surface area (Å²) in [6.45, 7) is 4.93. The number of hydrogen-bond acceptors (Lipinski definition) is 3. The van der Waals surface area contributed by atoms with Gasteiger partial charge in [0.15, 0.2) is 0 Å². The van der Waals surface area contributed by atoms with Crippen LogP contribution in [0.1, 0.15) is 43.4 Å². The maximum Gasteiger partial charge on any atom is 0.219 e. The molecule has 1 aromatic carbocycles. The van der Waals surface area contributed by atoms with Gasteiger partial charge in [-0.1, -0.05) is 24.3 Å². The Labute approximate surface area is 126 Å². The molecule has 114 valence electrons. The molecule has 2 atom stereocenters. The van der Waals surface area contributed by atoms with Gasteiger partial charge < -0.3 is 10.0 Å². The van der Waals surface area contributed by atoms with E-state index in [0.717, 1.165) is 38.9 Å². The fourth-order valence-corrected chi connectivity index (χ4v) is 3.64. The lowest BCUT2D eigenvalue weighted by atomic mass is 9.95. The van der Waals surface area contributed by atoms with Crippen LogP contribution in [0.3, 0.4) is 0 Å². The minimum absolute atomic E-state index is 0.143. The standard InChI is InChI=1S/C17H24N2O2/c1-13(20)18-10-8-17(19-9-4-6-15(21)12-19)16-7-3-2-5-14(16)11-18/h2-3,5,7,15,17,21H,4,6,8-12H2,1H3/t15-,17-/m0/s1. The molecule has 0 aliphatic carbocycles. The Hall–Kier alpha value is -1.39. The zero-order chi connectivity index (χ0) is 14.8. The van der Waals surface area contributed by atoms with Gasteiger partial charge in [-0.15, -0.1) is 0 Å². The molecular weight excluding hydrogens is 264 g/mol. The van der Waals surface area contributed by atoms with Crippen LogP contribution in [0.15, 0.2) is 24.3 Å². The number of carbonyl (C=O) groups excluding carboxylic acids is 1. The van der Waals surface area contributed by atoms with Crippen molar-refractivity contribution in [2.45, 2.75) is 44.9 Å². The summed E-state index contributed by atoms with van der Waals surface area (Å²) in [5.41, 5.74) is 2.57. The van der Waals surface area contributed by atoms with Crippen molar-refractivity contribution in [2.24, 2.45) is 0 Å². The van der Waals surface area contributed by atoms with E-state index in [4.69, 9.17) is 0 Å². The molecule has 2 aliphatic rings. The van der Waals surface area contributed by atoms with Gasteiger partial charge in [-0.25, -0.2) is 0 Å². The fourth-order valence-electron chi connectivity index (χ4n) is 3.64. The number of hydrogen-bond donors (Lipinski definition) is 1. The first kappa shape index (κ1) is 14.5. The zero-order valence-electron chi connectivity index (χ0n) is 12.7.